The minimum atomic E-state index is 0.452. The Balaban J connectivity index is 1.24. The van der Waals surface area contributed by atoms with E-state index in [0.29, 0.717) is 79.3 Å². The first-order chi connectivity index (χ1) is 50.3. The van der Waals surface area contributed by atoms with E-state index < -0.39 is 0 Å². The normalized spacial score (nSPS) is 11.7. The highest BCUT2D eigenvalue weighted by Gasteiger charge is 2.12. The van der Waals surface area contributed by atoms with Crippen molar-refractivity contribution in [2.45, 2.75) is 235 Å². The van der Waals surface area contributed by atoms with Crippen LogP contribution < -0.4 is 0 Å². The van der Waals surface area contributed by atoms with Crippen LogP contribution in [0.25, 0.3) is 98.5 Å². The van der Waals surface area contributed by atoms with Gasteiger partial charge in [-0.15, -0.1) is 0 Å². The number of pyridine rings is 6. The molecule has 0 aliphatic rings. The summed E-state index contributed by atoms with van der Waals surface area (Å²) >= 11 is 0. The van der Waals surface area contributed by atoms with E-state index in [4.69, 9.17) is 58.3 Å². The first-order valence-corrected chi connectivity index (χ1v) is 39.2. The van der Waals surface area contributed by atoms with E-state index >= 15 is 0 Å². The molecule has 13 aromatic rings. The third-order valence-corrected chi connectivity index (χ3v) is 19.0. The third kappa shape index (κ3) is 24.2. The van der Waals surface area contributed by atoms with Crippen LogP contribution in [0.15, 0.2) is 146 Å². The van der Waals surface area contributed by atoms with Gasteiger partial charge in [0.2, 0.25) is 0 Å². The van der Waals surface area contributed by atoms with Crippen molar-refractivity contribution in [2.24, 2.45) is 0 Å². The monoisotopic (exact) mass is 1370 g/mol. The quantitative estimate of drug-likeness (QED) is 0.0337. The largest absolute Gasteiger partial charge is 0.377 e. The van der Waals surface area contributed by atoms with Gasteiger partial charge >= 0.3 is 0 Å². The Morgan fingerprint density at radius 3 is 0.451 bits per heavy atom. The second kappa shape index (κ2) is 42.8. The van der Waals surface area contributed by atoms with Gasteiger partial charge in [0, 0.05) is 72.0 Å². The van der Waals surface area contributed by atoms with Crippen LogP contribution in [0.2, 0.25) is 0 Å². The molecule has 0 spiro atoms. The topological polar surface area (TPSA) is 133 Å². The maximum Gasteiger partial charge on any atom is 0.0897 e. The molecular formula is C90H114N6O6. The molecule has 0 saturated heterocycles. The average Bonchev–Trinajstić information content (AvgIpc) is 0.798. The molecule has 10 heterocycles. The molecular weight excluding hydrogens is 1260 g/mol. The molecule has 0 radical (unpaired) electrons. The van der Waals surface area contributed by atoms with Crippen LogP contribution >= 0.6 is 0 Å². The zero-order valence-electron chi connectivity index (χ0n) is 62.4. The van der Waals surface area contributed by atoms with Crippen LogP contribution in [-0.4, -0.2) is 69.5 Å². The number of aromatic nitrogens is 6. The van der Waals surface area contributed by atoms with Crippen LogP contribution in [0, 0.1) is 0 Å². The summed E-state index contributed by atoms with van der Waals surface area (Å²) in [4.78, 5) is 32.9. The molecule has 540 valence electrons. The summed E-state index contributed by atoms with van der Waals surface area (Å²) in [5, 5.41) is 5.85. The van der Waals surface area contributed by atoms with E-state index in [1.807, 2.05) is 0 Å². The summed E-state index contributed by atoms with van der Waals surface area (Å²) < 4.78 is 38.8. The van der Waals surface area contributed by atoms with E-state index in [-0.39, 0.29) is 0 Å². The predicted octanol–water partition coefficient (Wildman–Crippen LogP) is 24.4. The number of benzene rings is 3. The molecule has 102 heavy (non-hydrogen) atoms. The van der Waals surface area contributed by atoms with Gasteiger partial charge in [-0.25, -0.2) is 29.9 Å². The smallest absolute Gasteiger partial charge is 0.0897 e. The standard InChI is InChI=1S/C90H114N6O6/c1-7-13-19-25-43-97-61-67-49-79-73-31-33-74(34-32-73)81-51-69(63-99-45-27-21-15-9-3)57-87(93-81)88-58-71(65-101-47-29-23-17-11-5)53-83(95-88)77-39-41-78(42-40-77)84-54-72(66-102-48-30-24-18-12-6)60-90(96-84)89-59-70(64-100-46-28-22-16-10-4)52-82(94-89)76-37-35-75(36-38-76)80-50-68(62-98-44-26-20-14-8-2)56-86(92-80)85(55-67)91-79/h31-42,49-60H,7-30,43-48,61-66H2,1-6H3. The minimum Gasteiger partial charge on any atom is -0.377 e. The summed E-state index contributed by atoms with van der Waals surface area (Å²) in [5.74, 6) is 0. The first kappa shape index (κ1) is 76.9. The maximum absolute atomic E-state index is 6.46. The number of hydrogen-bond acceptors (Lipinski definition) is 12. The van der Waals surface area contributed by atoms with Crippen molar-refractivity contribution in [3.05, 3.63) is 179 Å². The van der Waals surface area contributed by atoms with E-state index in [1.165, 1.54) is 77.0 Å². The van der Waals surface area contributed by atoms with E-state index in [1.54, 1.807) is 0 Å². The third-order valence-electron chi connectivity index (χ3n) is 19.0. The maximum atomic E-state index is 6.46. The van der Waals surface area contributed by atoms with Gasteiger partial charge in [-0.2, -0.15) is 0 Å². The molecule has 12 nitrogen and oxygen atoms in total. The van der Waals surface area contributed by atoms with Crippen molar-refractivity contribution in [1.29, 1.82) is 0 Å². The van der Waals surface area contributed by atoms with Crippen molar-refractivity contribution >= 4 is 98.5 Å². The zero-order valence-corrected chi connectivity index (χ0v) is 62.4. The number of hydrogen-bond donors (Lipinski definition) is 0. The highest BCUT2D eigenvalue weighted by atomic mass is 16.5. The number of fused-ring (bicyclic) bond motifs is 3. The molecule has 0 unspecified atom stereocenters. The fourth-order valence-corrected chi connectivity index (χ4v) is 13.1. The van der Waals surface area contributed by atoms with E-state index in [9.17, 15) is 0 Å². The van der Waals surface area contributed by atoms with E-state index in [2.05, 4.69) is 187 Å². The van der Waals surface area contributed by atoms with Gasteiger partial charge in [-0.3, -0.25) is 0 Å². The van der Waals surface area contributed by atoms with Gasteiger partial charge in [-0.1, -0.05) is 230 Å². The zero-order chi connectivity index (χ0) is 70.8. The second-order valence-corrected chi connectivity index (χ2v) is 27.9. The molecule has 18 bridgehead atoms. The van der Waals surface area contributed by atoms with Gasteiger partial charge < -0.3 is 28.4 Å². The predicted molar refractivity (Wildman–Crippen MR) is 426 cm³/mol. The average molecular weight is 1380 g/mol. The molecule has 13 rings (SSSR count). The van der Waals surface area contributed by atoms with Crippen LogP contribution in [0.3, 0.4) is 0 Å². The fraction of sp³-hybridized carbons (Fsp3) is 0.467. The molecule has 10 aromatic heterocycles. The highest BCUT2D eigenvalue weighted by molar-refractivity contribution is 5.94. The lowest BCUT2D eigenvalue weighted by atomic mass is 10.1. The van der Waals surface area contributed by atoms with Gasteiger partial charge in [-0.05, 0) is 145 Å². The second-order valence-electron chi connectivity index (χ2n) is 27.9. The molecule has 0 atom stereocenters. The summed E-state index contributed by atoms with van der Waals surface area (Å²) in [6.45, 7) is 20.3. The van der Waals surface area contributed by atoms with Crippen molar-refractivity contribution in [3.63, 3.8) is 0 Å². The van der Waals surface area contributed by atoms with Crippen LogP contribution in [-0.2, 0) is 68.1 Å². The summed E-state index contributed by atoms with van der Waals surface area (Å²) in [6.07, 6.45) is 27.3. The summed E-state index contributed by atoms with van der Waals surface area (Å²) in [5.41, 5.74) is 15.8. The Morgan fingerprint density at radius 2 is 0.314 bits per heavy atom. The van der Waals surface area contributed by atoms with Gasteiger partial charge in [0.25, 0.3) is 0 Å². The summed E-state index contributed by atoms with van der Waals surface area (Å²) in [7, 11) is 0. The first-order valence-electron chi connectivity index (χ1n) is 39.2. The van der Waals surface area contributed by atoms with Gasteiger partial charge in [0.15, 0.2) is 0 Å². The lowest BCUT2D eigenvalue weighted by Crippen LogP contribution is -1.98. The number of rotatable bonds is 42. The fourth-order valence-electron chi connectivity index (χ4n) is 13.1. The Bertz CT molecular complexity index is 3720. The van der Waals surface area contributed by atoms with Crippen molar-refractivity contribution in [2.75, 3.05) is 39.6 Å². The Kier molecular flexibility index (Phi) is 32.3. The van der Waals surface area contributed by atoms with Crippen LogP contribution in [0.1, 0.15) is 229 Å². The molecule has 3 aromatic carbocycles. The van der Waals surface area contributed by atoms with E-state index in [0.717, 1.165) is 209 Å². The molecule has 0 aliphatic heterocycles. The molecule has 12 heteroatoms. The Hall–Kier alpha value is -7.68. The summed E-state index contributed by atoms with van der Waals surface area (Å²) in [6, 6.07) is 52.0. The number of ether oxygens (including phenoxy) is 6. The van der Waals surface area contributed by atoms with Crippen LogP contribution in [0.5, 0.6) is 0 Å². The van der Waals surface area contributed by atoms with Crippen LogP contribution in [0.4, 0.5) is 0 Å². The molecule has 0 fully saturated rings. The molecule has 0 N–H and O–H groups in total. The Morgan fingerprint density at radius 1 is 0.176 bits per heavy atom. The van der Waals surface area contributed by atoms with Gasteiger partial charge in [0.05, 0.1) is 106 Å². The molecule has 0 amide bonds. The lowest BCUT2D eigenvalue weighted by molar-refractivity contribution is 0.117. The number of nitrogens with zero attached hydrogens (tertiary/aromatic N) is 6. The van der Waals surface area contributed by atoms with Crippen molar-refractivity contribution < 1.29 is 28.4 Å². The van der Waals surface area contributed by atoms with Crippen molar-refractivity contribution in [1.82, 2.24) is 29.9 Å². The molecule has 0 aliphatic carbocycles. The van der Waals surface area contributed by atoms with Crippen molar-refractivity contribution in [3.8, 4) is 0 Å². The highest BCUT2D eigenvalue weighted by Crippen LogP contribution is 2.28. The lowest BCUT2D eigenvalue weighted by Gasteiger charge is -2.09. The van der Waals surface area contributed by atoms with Gasteiger partial charge in [0.1, 0.15) is 0 Å². The number of unbranched alkanes of at least 4 members (excludes halogenated alkanes) is 18. The Labute approximate surface area is 607 Å². The minimum absolute atomic E-state index is 0.452. The molecule has 0 saturated carbocycles. The SMILES string of the molecule is CCCCCCOCc1cc2nc(c1)c1cc(COCCCCCC)cc(n1)c1ccc(cc1)c1cc(COCCCCCC)cc(n1)c1cc(COCCCCCC)cc(n1)c1ccc(cc1)c1cc(COCCCCCC)cc(n1)c1cc(COCCCCCC)cc(n1)c1ccc2cc1.